The van der Waals surface area contributed by atoms with Crippen LogP contribution in [0.25, 0.3) is 0 Å². The van der Waals surface area contributed by atoms with Crippen LogP contribution in [0.5, 0.6) is 0 Å². The number of methoxy groups -OCH3 is 1. The monoisotopic (exact) mass is 246 g/mol. The van der Waals surface area contributed by atoms with Gasteiger partial charge in [0.1, 0.15) is 0 Å². The summed E-state index contributed by atoms with van der Waals surface area (Å²) < 4.78 is 15.1. The number of rotatable bonds is 7. The zero-order valence-electron chi connectivity index (χ0n) is 9.94. The molecule has 1 aliphatic rings. The van der Waals surface area contributed by atoms with Crippen LogP contribution in [0.2, 0.25) is 0 Å². The van der Waals surface area contributed by atoms with Gasteiger partial charge in [-0.2, -0.15) is 0 Å². The molecule has 1 fully saturated rings. The average molecular weight is 246 g/mol. The van der Waals surface area contributed by atoms with Gasteiger partial charge in [-0.05, 0) is 6.42 Å². The number of carbonyl (C=O) groups excluding carboxylic acids is 1. The van der Waals surface area contributed by atoms with Crippen LogP contribution < -0.4 is 0 Å². The lowest BCUT2D eigenvalue weighted by atomic mass is 9.78. The molecule has 1 unspecified atom stereocenters. The molecule has 0 spiro atoms. The molecule has 17 heavy (non-hydrogen) atoms. The molecule has 0 aromatic rings. The SMILES string of the molecule is COCCOCCC1(C(=O)O)COCCC1=O. The number of Topliss-reactive ketones (excluding diaryl/α,β-unsaturated/α-hetero) is 1. The van der Waals surface area contributed by atoms with Crippen molar-refractivity contribution in [3.8, 4) is 0 Å². The van der Waals surface area contributed by atoms with Gasteiger partial charge in [-0.3, -0.25) is 9.59 Å². The maximum absolute atomic E-state index is 11.7. The maximum Gasteiger partial charge on any atom is 0.319 e. The van der Waals surface area contributed by atoms with E-state index < -0.39 is 11.4 Å². The van der Waals surface area contributed by atoms with E-state index in [1.54, 1.807) is 7.11 Å². The standard InChI is InChI=1S/C11H18O6/c1-15-6-7-16-5-3-11(10(13)14)8-17-4-2-9(11)12/h2-8H2,1H3,(H,13,14). The summed E-state index contributed by atoms with van der Waals surface area (Å²) >= 11 is 0. The van der Waals surface area contributed by atoms with E-state index in [0.717, 1.165) is 0 Å². The number of carbonyl (C=O) groups is 2. The highest BCUT2D eigenvalue weighted by atomic mass is 16.5. The van der Waals surface area contributed by atoms with Crippen LogP contribution in [-0.4, -0.2) is 57.0 Å². The lowest BCUT2D eigenvalue weighted by Crippen LogP contribution is -2.47. The lowest BCUT2D eigenvalue weighted by molar-refractivity contribution is -0.166. The Bertz CT molecular complexity index is 277. The minimum Gasteiger partial charge on any atom is -0.480 e. The third kappa shape index (κ3) is 3.49. The minimum absolute atomic E-state index is 0.0607. The van der Waals surface area contributed by atoms with Crippen LogP contribution in [0.15, 0.2) is 0 Å². The zero-order chi connectivity index (χ0) is 12.7. The summed E-state index contributed by atoms with van der Waals surface area (Å²) in [7, 11) is 1.56. The van der Waals surface area contributed by atoms with E-state index in [0.29, 0.717) is 19.8 Å². The van der Waals surface area contributed by atoms with Crippen molar-refractivity contribution in [3.63, 3.8) is 0 Å². The van der Waals surface area contributed by atoms with E-state index in [1.165, 1.54) is 0 Å². The molecule has 98 valence electrons. The van der Waals surface area contributed by atoms with Gasteiger partial charge in [0.2, 0.25) is 0 Å². The van der Waals surface area contributed by atoms with E-state index in [1.807, 2.05) is 0 Å². The van der Waals surface area contributed by atoms with Gasteiger partial charge in [0.25, 0.3) is 0 Å². The molecular weight excluding hydrogens is 228 g/mol. The van der Waals surface area contributed by atoms with E-state index in [2.05, 4.69) is 0 Å². The third-order valence-electron chi connectivity index (χ3n) is 2.87. The number of hydrogen-bond donors (Lipinski definition) is 1. The Balaban J connectivity index is 2.48. The highest BCUT2D eigenvalue weighted by molar-refractivity contribution is 6.03. The van der Waals surface area contributed by atoms with Crippen LogP contribution in [-0.2, 0) is 23.8 Å². The molecule has 0 aromatic heterocycles. The third-order valence-corrected chi connectivity index (χ3v) is 2.87. The summed E-state index contributed by atoms with van der Waals surface area (Å²) in [5, 5.41) is 9.18. The van der Waals surface area contributed by atoms with Gasteiger partial charge in [0.05, 0.1) is 26.4 Å². The molecule has 0 radical (unpaired) electrons. The summed E-state index contributed by atoms with van der Waals surface area (Å²) in [5.74, 6) is -1.40. The molecule has 0 saturated carbocycles. The van der Waals surface area contributed by atoms with Crippen LogP contribution in [0, 0.1) is 5.41 Å². The first-order valence-electron chi connectivity index (χ1n) is 5.54. The first-order valence-corrected chi connectivity index (χ1v) is 5.54. The van der Waals surface area contributed by atoms with Crippen molar-refractivity contribution in [1.82, 2.24) is 0 Å². The molecule has 0 amide bonds. The summed E-state index contributed by atoms with van der Waals surface area (Å²) in [6.45, 7) is 1.30. The summed E-state index contributed by atoms with van der Waals surface area (Å²) in [6, 6.07) is 0. The highest BCUT2D eigenvalue weighted by Gasteiger charge is 2.47. The van der Waals surface area contributed by atoms with E-state index in [-0.39, 0.29) is 31.8 Å². The Hall–Kier alpha value is -0.980. The van der Waals surface area contributed by atoms with Crippen LogP contribution in [0.4, 0.5) is 0 Å². The van der Waals surface area contributed by atoms with Crippen molar-refractivity contribution in [3.05, 3.63) is 0 Å². The number of ketones is 1. The van der Waals surface area contributed by atoms with Gasteiger partial charge in [0.15, 0.2) is 11.2 Å². The fraction of sp³-hybridized carbons (Fsp3) is 0.818. The molecule has 1 heterocycles. The molecule has 1 atom stereocenters. The first-order chi connectivity index (χ1) is 8.13. The summed E-state index contributed by atoms with van der Waals surface area (Å²) in [5.41, 5.74) is -1.43. The second-order valence-electron chi connectivity index (χ2n) is 3.97. The number of hydrogen-bond acceptors (Lipinski definition) is 5. The predicted octanol–water partition coefficient (Wildman–Crippen LogP) is 0.0999. The second kappa shape index (κ2) is 6.68. The molecule has 0 aromatic carbocycles. The van der Waals surface area contributed by atoms with E-state index in [9.17, 15) is 14.7 Å². The summed E-state index contributed by atoms with van der Waals surface area (Å²) in [4.78, 5) is 23.0. The van der Waals surface area contributed by atoms with Crippen molar-refractivity contribution in [2.75, 3.05) is 40.1 Å². The first kappa shape index (κ1) is 14.1. The number of ether oxygens (including phenoxy) is 3. The molecule has 1 aliphatic heterocycles. The fourth-order valence-corrected chi connectivity index (χ4v) is 1.72. The largest absolute Gasteiger partial charge is 0.480 e. The van der Waals surface area contributed by atoms with E-state index in [4.69, 9.17) is 14.2 Å². The Morgan fingerprint density at radius 3 is 2.82 bits per heavy atom. The van der Waals surface area contributed by atoms with Gasteiger partial charge in [-0.25, -0.2) is 0 Å². The van der Waals surface area contributed by atoms with Gasteiger partial charge in [-0.15, -0.1) is 0 Å². The van der Waals surface area contributed by atoms with E-state index >= 15 is 0 Å². The Morgan fingerprint density at radius 1 is 1.47 bits per heavy atom. The normalized spacial score (nSPS) is 24.9. The lowest BCUT2D eigenvalue weighted by Gasteiger charge is -2.31. The smallest absolute Gasteiger partial charge is 0.319 e. The minimum atomic E-state index is -1.43. The van der Waals surface area contributed by atoms with Crippen molar-refractivity contribution < 1.29 is 28.9 Å². The van der Waals surface area contributed by atoms with Gasteiger partial charge in [-0.1, -0.05) is 0 Å². The topological polar surface area (TPSA) is 82.1 Å². The van der Waals surface area contributed by atoms with Gasteiger partial charge >= 0.3 is 5.97 Å². The maximum atomic E-state index is 11.7. The number of carboxylic acids is 1. The second-order valence-corrected chi connectivity index (χ2v) is 3.97. The van der Waals surface area contributed by atoms with Gasteiger partial charge < -0.3 is 19.3 Å². The van der Waals surface area contributed by atoms with Crippen LogP contribution in [0.3, 0.4) is 0 Å². The quantitative estimate of drug-likeness (QED) is 0.507. The molecule has 0 aliphatic carbocycles. The van der Waals surface area contributed by atoms with Crippen molar-refractivity contribution >= 4 is 11.8 Å². The van der Waals surface area contributed by atoms with Crippen molar-refractivity contribution in [2.45, 2.75) is 12.8 Å². The number of aliphatic carboxylic acids is 1. The summed E-state index contributed by atoms with van der Waals surface area (Å²) in [6.07, 6.45) is 0.301. The molecule has 6 nitrogen and oxygen atoms in total. The predicted molar refractivity (Wildman–Crippen MR) is 57.8 cm³/mol. The molecule has 1 N–H and O–H groups in total. The fourth-order valence-electron chi connectivity index (χ4n) is 1.72. The molecular formula is C11H18O6. The Kier molecular flexibility index (Phi) is 5.54. The molecule has 0 bridgehead atoms. The molecule has 1 rings (SSSR count). The van der Waals surface area contributed by atoms with Crippen molar-refractivity contribution in [1.29, 1.82) is 0 Å². The Labute approximate surface area is 99.8 Å². The molecule has 6 heteroatoms. The van der Waals surface area contributed by atoms with Crippen molar-refractivity contribution in [2.24, 2.45) is 5.41 Å². The zero-order valence-corrected chi connectivity index (χ0v) is 9.94. The Morgan fingerprint density at radius 2 is 2.24 bits per heavy atom. The van der Waals surface area contributed by atoms with Crippen LogP contribution in [0.1, 0.15) is 12.8 Å². The average Bonchev–Trinajstić information content (AvgIpc) is 2.31. The van der Waals surface area contributed by atoms with Crippen LogP contribution >= 0.6 is 0 Å². The van der Waals surface area contributed by atoms with Gasteiger partial charge in [0, 0.05) is 20.1 Å². The number of carboxylic acid groups (broad SMARTS) is 1. The highest BCUT2D eigenvalue weighted by Crippen LogP contribution is 2.29. The molecule has 1 saturated heterocycles.